The van der Waals surface area contributed by atoms with Crippen LogP contribution in [0.1, 0.15) is 15.6 Å². The van der Waals surface area contributed by atoms with Gasteiger partial charge in [0, 0.05) is 24.4 Å². The van der Waals surface area contributed by atoms with E-state index in [0.29, 0.717) is 6.10 Å². The van der Waals surface area contributed by atoms with Crippen LogP contribution in [0.5, 0.6) is 0 Å². The van der Waals surface area contributed by atoms with Gasteiger partial charge >= 0.3 is 0 Å². The van der Waals surface area contributed by atoms with E-state index in [1.165, 1.54) is 9.88 Å². The highest BCUT2D eigenvalue weighted by Crippen LogP contribution is 2.18. The second-order valence-electron chi connectivity index (χ2n) is 3.65. The van der Waals surface area contributed by atoms with Crippen LogP contribution < -0.4 is 5.32 Å². The summed E-state index contributed by atoms with van der Waals surface area (Å²) in [5, 5.41) is 4.53. The fourth-order valence-electron chi connectivity index (χ4n) is 1.57. The van der Waals surface area contributed by atoms with Gasteiger partial charge in [0.25, 0.3) is 0 Å². The number of thiazole rings is 1. The first-order valence-electron chi connectivity index (χ1n) is 5.01. The van der Waals surface area contributed by atoms with E-state index >= 15 is 0 Å². The predicted octanol–water partition coefficient (Wildman–Crippen LogP) is 1.29. The van der Waals surface area contributed by atoms with Gasteiger partial charge in [0.1, 0.15) is 0 Å². The number of aryl methyl sites for hydroxylation is 2. The molecule has 0 aromatic carbocycles. The topological polar surface area (TPSA) is 34.2 Å². The van der Waals surface area contributed by atoms with Gasteiger partial charge in [-0.3, -0.25) is 0 Å². The highest BCUT2D eigenvalue weighted by atomic mass is 32.1. The van der Waals surface area contributed by atoms with Crippen molar-refractivity contribution in [2.45, 2.75) is 26.4 Å². The summed E-state index contributed by atoms with van der Waals surface area (Å²) in [5.74, 6) is 0. The number of hydrogen-bond donors (Lipinski definition) is 1. The summed E-state index contributed by atoms with van der Waals surface area (Å²) in [6, 6.07) is 0. The fraction of sp³-hybridized carbons (Fsp3) is 0.700. The predicted molar refractivity (Wildman–Crippen MR) is 57.9 cm³/mol. The molecule has 0 amide bonds. The van der Waals surface area contributed by atoms with Crippen molar-refractivity contribution in [2.75, 3.05) is 19.7 Å². The van der Waals surface area contributed by atoms with Crippen molar-refractivity contribution in [1.82, 2.24) is 10.3 Å². The number of aromatic nitrogens is 1. The maximum absolute atomic E-state index is 5.64. The molecule has 1 aliphatic rings. The molecule has 0 bridgehead atoms. The maximum Gasteiger partial charge on any atom is 0.0957 e. The minimum Gasteiger partial charge on any atom is -0.375 e. The van der Waals surface area contributed by atoms with E-state index < -0.39 is 0 Å². The van der Waals surface area contributed by atoms with Crippen molar-refractivity contribution in [1.29, 1.82) is 0 Å². The highest BCUT2D eigenvalue weighted by molar-refractivity contribution is 7.11. The zero-order chi connectivity index (χ0) is 9.97. The monoisotopic (exact) mass is 212 g/mol. The van der Waals surface area contributed by atoms with Crippen molar-refractivity contribution < 1.29 is 4.74 Å². The Morgan fingerprint density at radius 3 is 3.00 bits per heavy atom. The summed E-state index contributed by atoms with van der Waals surface area (Å²) < 4.78 is 5.64. The van der Waals surface area contributed by atoms with Gasteiger partial charge in [0.2, 0.25) is 0 Å². The second-order valence-corrected chi connectivity index (χ2v) is 4.94. The molecule has 1 unspecified atom stereocenters. The number of morpholine rings is 1. The quantitative estimate of drug-likeness (QED) is 0.802. The van der Waals surface area contributed by atoms with E-state index in [2.05, 4.69) is 24.1 Å². The summed E-state index contributed by atoms with van der Waals surface area (Å²) in [5.41, 5.74) is 1.16. The Kier molecular flexibility index (Phi) is 3.15. The van der Waals surface area contributed by atoms with Gasteiger partial charge in [-0.15, -0.1) is 11.3 Å². The zero-order valence-electron chi connectivity index (χ0n) is 8.67. The third-order valence-corrected chi connectivity index (χ3v) is 3.57. The largest absolute Gasteiger partial charge is 0.375 e. The molecule has 3 nitrogen and oxygen atoms in total. The van der Waals surface area contributed by atoms with Crippen LogP contribution in [-0.4, -0.2) is 30.8 Å². The van der Waals surface area contributed by atoms with Gasteiger partial charge in [-0.1, -0.05) is 0 Å². The summed E-state index contributed by atoms with van der Waals surface area (Å²) in [4.78, 5) is 5.84. The molecule has 2 rings (SSSR count). The van der Waals surface area contributed by atoms with Crippen LogP contribution in [0.15, 0.2) is 0 Å². The lowest BCUT2D eigenvalue weighted by atomic mass is 10.2. The van der Waals surface area contributed by atoms with Gasteiger partial charge in [-0.25, -0.2) is 4.98 Å². The van der Waals surface area contributed by atoms with Crippen LogP contribution in [0.2, 0.25) is 0 Å². The molecule has 1 aliphatic heterocycles. The number of nitrogens with one attached hydrogen (secondary N) is 1. The average molecular weight is 212 g/mol. The first kappa shape index (κ1) is 10.1. The van der Waals surface area contributed by atoms with Crippen molar-refractivity contribution in [3.05, 3.63) is 15.6 Å². The van der Waals surface area contributed by atoms with Gasteiger partial charge in [-0.05, 0) is 13.8 Å². The number of ether oxygens (including phenoxy) is 1. The molecule has 4 heteroatoms. The summed E-state index contributed by atoms with van der Waals surface area (Å²) >= 11 is 1.79. The molecular formula is C10H16N2OS. The number of rotatable bonds is 2. The Bertz CT molecular complexity index is 286. The lowest BCUT2D eigenvalue weighted by Crippen LogP contribution is -2.39. The Morgan fingerprint density at radius 1 is 1.57 bits per heavy atom. The lowest BCUT2D eigenvalue weighted by molar-refractivity contribution is 0.0292. The summed E-state index contributed by atoms with van der Waals surface area (Å²) in [6.45, 7) is 6.95. The first-order chi connectivity index (χ1) is 6.75. The van der Waals surface area contributed by atoms with Crippen molar-refractivity contribution >= 4 is 11.3 Å². The minimum atomic E-state index is 0.314. The number of hydrogen-bond acceptors (Lipinski definition) is 4. The molecule has 2 heterocycles. The van der Waals surface area contributed by atoms with Gasteiger partial charge in [-0.2, -0.15) is 0 Å². The van der Waals surface area contributed by atoms with E-state index in [1.807, 2.05) is 0 Å². The fourth-order valence-corrected chi connectivity index (χ4v) is 2.57. The van der Waals surface area contributed by atoms with Crippen LogP contribution in [0.3, 0.4) is 0 Å². The summed E-state index contributed by atoms with van der Waals surface area (Å²) in [7, 11) is 0. The zero-order valence-corrected chi connectivity index (χ0v) is 9.49. The van der Waals surface area contributed by atoms with E-state index in [-0.39, 0.29) is 0 Å². The maximum atomic E-state index is 5.64. The van der Waals surface area contributed by atoms with Gasteiger partial charge in [0.05, 0.1) is 23.4 Å². The molecule has 14 heavy (non-hydrogen) atoms. The van der Waals surface area contributed by atoms with Gasteiger partial charge < -0.3 is 10.1 Å². The standard InChI is InChI=1S/C10H16N2OS/c1-7-8(2)14-10(12-7)5-9-6-11-3-4-13-9/h9,11H,3-6H2,1-2H3. The van der Waals surface area contributed by atoms with Crippen molar-refractivity contribution in [3.8, 4) is 0 Å². The first-order valence-corrected chi connectivity index (χ1v) is 5.82. The molecular weight excluding hydrogens is 196 g/mol. The van der Waals surface area contributed by atoms with Crippen molar-refractivity contribution in [3.63, 3.8) is 0 Å². The smallest absolute Gasteiger partial charge is 0.0957 e. The minimum absolute atomic E-state index is 0.314. The Morgan fingerprint density at radius 2 is 2.43 bits per heavy atom. The Hall–Kier alpha value is -0.450. The molecule has 1 aromatic rings. The number of nitrogens with zero attached hydrogens (tertiary/aromatic N) is 1. The molecule has 0 saturated carbocycles. The van der Waals surface area contributed by atoms with Crippen LogP contribution in [0.4, 0.5) is 0 Å². The normalized spacial score (nSPS) is 22.6. The molecule has 1 fully saturated rings. The van der Waals surface area contributed by atoms with E-state index in [4.69, 9.17) is 4.74 Å². The van der Waals surface area contributed by atoms with Crippen LogP contribution in [-0.2, 0) is 11.2 Å². The van der Waals surface area contributed by atoms with E-state index in [9.17, 15) is 0 Å². The van der Waals surface area contributed by atoms with Crippen LogP contribution in [0.25, 0.3) is 0 Å². The second kappa shape index (κ2) is 4.38. The van der Waals surface area contributed by atoms with E-state index in [0.717, 1.165) is 31.8 Å². The molecule has 78 valence electrons. The summed E-state index contributed by atoms with van der Waals surface area (Å²) in [6.07, 6.45) is 1.26. The van der Waals surface area contributed by atoms with Crippen molar-refractivity contribution in [2.24, 2.45) is 0 Å². The average Bonchev–Trinajstić information content (AvgIpc) is 2.47. The lowest BCUT2D eigenvalue weighted by Gasteiger charge is -2.22. The molecule has 1 saturated heterocycles. The Balaban J connectivity index is 1.95. The molecule has 0 spiro atoms. The third kappa shape index (κ3) is 2.32. The molecule has 0 radical (unpaired) electrons. The SMILES string of the molecule is Cc1nc(CC2CNCCO2)sc1C. The molecule has 0 aliphatic carbocycles. The van der Waals surface area contributed by atoms with E-state index in [1.54, 1.807) is 11.3 Å². The van der Waals surface area contributed by atoms with Crippen LogP contribution in [0, 0.1) is 13.8 Å². The molecule has 1 atom stereocenters. The molecule has 1 N–H and O–H groups in total. The Labute approximate surface area is 88.5 Å². The van der Waals surface area contributed by atoms with Gasteiger partial charge in [0.15, 0.2) is 0 Å². The highest BCUT2D eigenvalue weighted by Gasteiger charge is 2.16. The third-order valence-electron chi connectivity index (χ3n) is 2.48. The molecule has 1 aromatic heterocycles. The van der Waals surface area contributed by atoms with Crippen LogP contribution >= 0.6 is 11.3 Å².